The minimum Gasteiger partial charge on any atom is -0.315 e. The summed E-state index contributed by atoms with van der Waals surface area (Å²) < 4.78 is 28.4. The molecule has 3 atom stereocenters. The van der Waals surface area contributed by atoms with E-state index in [-0.39, 0.29) is 12.1 Å². The SMILES string of the molecule is Cc1sc(Br)cc1S(=O)(=O)N1C(C)CC2CNCC21. The van der Waals surface area contributed by atoms with Gasteiger partial charge >= 0.3 is 0 Å². The Kier molecular flexibility index (Phi) is 3.54. The Hall–Kier alpha value is 0.0500. The third-order valence-electron chi connectivity index (χ3n) is 4.11. The maximum absolute atomic E-state index is 12.9. The molecule has 7 heteroatoms. The van der Waals surface area contributed by atoms with Crippen LogP contribution in [0.1, 0.15) is 18.2 Å². The number of thiophene rings is 1. The van der Waals surface area contributed by atoms with Crippen molar-refractivity contribution in [2.24, 2.45) is 5.92 Å². The van der Waals surface area contributed by atoms with Gasteiger partial charge in [0.1, 0.15) is 0 Å². The van der Waals surface area contributed by atoms with E-state index in [1.165, 1.54) is 11.3 Å². The molecule has 2 aliphatic rings. The van der Waals surface area contributed by atoms with Crippen LogP contribution in [-0.2, 0) is 10.0 Å². The summed E-state index contributed by atoms with van der Waals surface area (Å²) in [4.78, 5) is 1.32. The molecule has 1 N–H and O–H groups in total. The van der Waals surface area contributed by atoms with Gasteiger partial charge in [-0.15, -0.1) is 11.3 Å². The van der Waals surface area contributed by atoms with E-state index in [0.29, 0.717) is 10.8 Å². The number of hydrogen-bond donors (Lipinski definition) is 1. The molecule has 2 saturated heterocycles. The van der Waals surface area contributed by atoms with Crippen molar-refractivity contribution in [1.29, 1.82) is 0 Å². The summed E-state index contributed by atoms with van der Waals surface area (Å²) in [5.74, 6) is 0.465. The molecule has 3 unspecified atom stereocenters. The highest BCUT2D eigenvalue weighted by atomic mass is 79.9. The van der Waals surface area contributed by atoms with Crippen molar-refractivity contribution in [3.05, 3.63) is 14.7 Å². The first kappa shape index (κ1) is 14.0. The van der Waals surface area contributed by atoms with Gasteiger partial charge in [0, 0.05) is 23.5 Å². The van der Waals surface area contributed by atoms with E-state index in [2.05, 4.69) is 21.2 Å². The van der Waals surface area contributed by atoms with E-state index in [9.17, 15) is 8.42 Å². The summed E-state index contributed by atoms with van der Waals surface area (Å²) in [5, 5.41) is 3.31. The summed E-state index contributed by atoms with van der Waals surface area (Å²) in [6.07, 6.45) is 0.960. The normalized spacial score (nSPS) is 31.8. The van der Waals surface area contributed by atoms with Crippen LogP contribution in [0.4, 0.5) is 0 Å². The molecule has 0 aliphatic carbocycles. The zero-order valence-corrected chi connectivity index (χ0v) is 14.1. The average molecular weight is 365 g/mol. The molecule has 0 amide bonds. The van der Waals surface area contributed by atoms with E-state index < -0.39 is 10.0 Å². The van der Waals surface area contributed by atoms with Gasteiger partial charge in [-0.25, -0.2) is 8.42 Å². The van der Waals surface area contributed by atoms with E-state index in [1.807, 2.05) is 13.8 Å². The van der Waals surface area contributed by atoms with E-state index >= 15 is 0 Å². The zero-order valence-electron chi connectivity index (χ0n) is 10.9. The van der Waals surface area contributed by atoms with Gasteiger partial charge < -0.3 is 5.32 Å². The molecule has 0 spiro atoms. The minimum absolute atomic E-state index is 0.0974. The highest BCUT2D eigenvalue weighted by Crippen LogP contribution is 2.39. The Morgan fingerprint density at radius 1 is 1.47 bits per heavy atom. The van der Waals surface area contributed by atoms with Gasteiger partial charge in [0.2, 0.25) is 10.0 Å². The van der Waals surface area contributed by atoms with Gasteiger partial charge in [-0.1, -0.05) is 0 Å². The van der Waals surface area contributed by atoms with Crippen molar-refractivity contribution in [2.45, 2.75) is 37.2 Å². The molecule has 106 valence electrons. The fraction of sp³-hybridized carbons (Fsp3) is 0.667. The number of aryl methyl sites for hydroxylation is 1. The van der Waals surface area contributed by atoms with Crippen LogP contribution in [0.2, 0.25) is 0 Å². The van der Waals surface area contributed by atoms with E-state index in [4.69, 9.17) is 0 Å². The van der Waals surface area contributed by atoms with Crippen molar-refractivity contribution in [3.8, 4) is 0 Å². The van der Waals surface area contributed by atoms with Crippen molar-refractivity contribution in [2.75, 3.05) is 13.1 Å². The molecule has 0 aromatic carbocycles. The Bertz CT molecular complexity index is 599. The molecule has 1 aromatic heterocycles. The smallest absolute Gasteiger partial charge is 0.244 e. The first-order chi connectivity index (χ1) is 8.91. The lowest BCUT2D eigenvalue weighted by Crippen LogP contribution is -2.42. The Morgan fingerprint density at radius 2 is 2.21 bits per heavy atom. The summed E-state index contributed by atoms with van der Waals surface area (Å²) in [5.41, 5.74) is 0. The standard InChI is InChI=1S/C12H17BrN2O2S2/c1-7-3-9-5-14-6-10(9)15(7)19(16,17)11-4-12(13)18-8(11)2/h4,7,9-10,14H,3,5-6H2,1-2H3. The molecule has 2 aliphatic heterocycles. The number of nitrogens with zero attached hydrogens (tertiary/aromatic N) is 1. The maximum Gasteiger partial charge on any atom is 0.244 e. The summed E-state index contributed by atoms with van der Waals surface area (Å²) in [6, 6.07) is 1.95. The first-order valence-corrected chi connectivity index (χ1v) is 9.46. The average Bonchev–Trinajstić information content (AvgIpc) is 2.92. The van der Waals surface area contributed by atoms with Gasteiger partial charge in [0.05, 0.1) is 8.68 Å². The Morgan fingerprint density at radius 3 is 2.84 bits per heavy atom. The lowest BCUT2D eigenvalue weighted by Gasteiger charge is -2.26. The maximum atomic E-state index is 12.9. The summed E-state index contributed by atoms with van der Waals surface area (Å²) in [7, 11) is -3.38. The second-order valence-corrected chi connectivity index (χ2v) is 9.82. The van der Waals surface area contributed by atoms with E-state index in [0.717, 1.165) is 28.2 Å². The molecular formula is C12H17BrN2O2S2. The number of fused-ring (bicyclic) bond motifs is 1. The first-order valence-electron chi connectivity index (χ1n) is 6.41. The Balaban J connectivity index is 2.02. The Labute approximate surface area is 126 Å². The van der Waals surface area contributed by atoms with Gasteiger partial charge in [-0.3, -0.25) is 0 Å². The van der Waals surface area contributed by atoms with Gasteiger partial charge in [0.15, 0.2) is 0 Å². The molecule has 19 heavy (non-hydrogen) atoms. The van der Waals surface area contributed by atoms with Crippen LogP contribution >= 0.6 is 27.3 Å². The molecular weight excluding hydrogens is 348 g/mol. The topological polar surface area (TPSA) is 49.4 Å². The van der Waals surface area contributed by atoms with Crippen LogP contribution in [0.3, 0.4) is 0 Å². The van der Waals surface area contributed by atoms with Crippen LogP contribution in [0.25, 0.3) is 0 Å². The van der Waals surface area contributed by atoms with Gasteiger partial charge in [0.25, 0.3) is 0 Å². The van der Waals surface area contributed by atoms with Gasteiger partial charge in [-0.2, -0.15) is 4.31 Å². The lowest BCUT2D eigenvalue weighted by atomic mass is 10.0. The van der Waals surface area contributed by atoms with Crippen molar-refractivity contribution in [3.63, 3.8) is 0 Å². The minimum atomic E-state index is -3.38. The van der Waals surface area contributed by atoms with E-state index in [1.54, 1.807) is 10.4 Å². The predicted octanol–water partition coefficient (Wildman–Crippen LogP) is 2.19. The molecule has 1 aromatic rings. The predicted molar refractivity (Wildman–Crippen MR) is 80.0 cm³/mol. The van der Waals surface area contributed by atoms with Crippen molar-refractivity contribution >= 4 is 37.3 Å². The van der Waals surface area contributed by atoms with Crippen LogP contribution in [0, 0.1) is 12.8 Å². The fourth-order valence-corrected chi connectivity index (χ4v) is 7.62. The lowest BCUT2D eigenvalue weighted by molar-refractivity contribution is 0.335. The molecule has 0 saturated carbocycles. The summed E-state index contributed by atoms with van der Waals surface area (Å²) >= 11 is 4.86. The number of rotatable bonds is 2. The highest BCUT2D eigenvalue weighted by Gasteiger charge is 2.48. The van der Waals surface area contributed by atoms with Crippen LogP contribution in [0.15, 0.2) is 14.7 Å². The molecule has 3 rings (SSSR count). The molecule has 3 heterocycles. The highest BCUT2D eigenvalue weighted by molar-refractivity contribution is 9.11. The molecule has 0 radical (unpaired) electrons. The molecule has 2 fully saturated rings. The van der Waals surface area contributed by atoms with Crippen molar-refractivity contribution in [1.82, 2.24) is 9.62 Å². The number of nitrogens with one attached hydrogen (secondary N) is 1. The molecule has 0 bridgehead atoms. The number of sulfonamides is 1. The van der Waals surface area contributed by atoms with Crippen LogP contribution in [0.5, 0.6) is 0 Å². The number of halogens is 1. The number of hydrogen-bond acceptors (Lipinski definition) is 4. The second-order valence-electron chi connectivity index (χ2n) is 5.38. The zero-order chi connectivity index (χ0) is 13.8. The van der Waals surface area contributed by atoms with Crippen LogP contribution < -0.4 is 5.32 Å². The monoisotopic (exact) mass is 364 g/mol. The molecule has 4 nitrogen and oxygen atoms in total. The quantitative estimate of drug-likeness (QED) is 0.874. The largest absolute Gasteiger partial charge is 0.315 e. The summed E-state index contributed by atoms with van der Waals surface area (Å²) in [6.45, 7) is 5.60. The van der Waals surface area contributed by atoms with Crippen LogP contribution in [-0.4, -0.2) is 37.9 Å². The van der Waals surface area contributed by atoms with Crippen molar-refractivity contribution < 1.29 is 8.42 Å². The second kappa shape index (κ2) is 4.80. The third-order valence-corrected chi connectivity index (χ3v) is 7.96. The fourth-order valence-electron chi connectivity index (χ4n) is 3.34. The van der Waals surface area contributed by atoms with Gasteiger partial charge in [-0.05, 0) is 54.7 Å². The third kappa shape index (κ3) is 2.19.